The van der Waals surface area contributed by atoms with Crippen LogP contribution in [0.2, 0.25) is 5.02 Å². The second kappa shape index (κ2) is 10.3. The summed E-state index contributed by atoms with van der Waals surface area (Å²) in [6, 6.07) is 15.7. The van der Waals surface area contributed by atoms with E-state index in [4.69, 9.17) is 16.3 Å². The van der Waals surface area contributed by atoms with E-state index in [1.54, 1.807) is 11.0 Å². The minimum Gasteiger partial charge on any atom is -0.482 e. The van der Waals surface area contributed by atoms with Gasteiger partial charge in [-0.25, -0.2) is 0 Å². The van der Waals surface area contributed by atoms with E-state index < -0.39 is 0 Å². The van der Waals surface area contributed by atoms with Crippen LogP contribution in [0.4, 0.5) is 0 Å². The summed E-state index contributed by atoms with van der Waals surface area (Å²) >= 11 is 6.20. The van der Waals surface area contributed by atoms with E-state index in [1.807, 2.05) is 42.2 Å². The number of benzene rings is 2. The average molecular weight is 415 g/mol. The molecule has 5 nitrogen and oxygen atoms in total. The zero-order valence-corrected chi connectivity index (χ0v) is 17.5. The second-order valence-corrected chi connectivity index (χ2v) is 7.65. The van der Waals surface area contributed by atoms with E-state index in [0.29, 0.717) is 43.4 Å². The van der Waals surface area contributed by atoms with Crippen molar-refractivity contribution in [2.75, 3.05) is 32.8 Å². The highest BCUT2D eigenvalue weighted by Gasteiger charge is 2.24. The Bertz CT molecular complexity index is 833. The Balaban J connectivity index is 1.38. The van der Waals surface area contributed by atoms with Gasteiger partial charge < -0.3 is 14.5 Å². The van der Waals surface area contributed by atoms with Crippen LogP contribution in [-0.2, 0) is 16.0 Å². The Kier molecular flexibility index (Phi) is 7.53. The van der Waals surface area contributed by atoms with Crippen LogP contribution in [-0.4, -0.2) is 54.4 Å². The molecule has 0 atom stereocenters. The summed E-state index contributed by atoms with van der Waals surface area (Å²) in [5.41, 5.74) is 2.17. The van der Waals surface area contributed by atoms with Crippen LogP contribution in [0.1, 0.15) is 24.0 Å². The Labute approximate surface area is 177 Å². The molecule has 0 radical (unpaired) electrons. The van der Waals surface area contributed by atoms with Gasteiger partial charge in [0.25, 0.3) is 5.91 Å². The number of rotatable bonds is 7. The summed E-state index contributed by atoms with van der Waals surface area (Å²) in [7, 11) is 0. The molecule has 2 aromatic rings. The molecule has 0 unspecified atom stereocenters. The highest BCUT2D eigenvalue weighted by atomic mass is 35.5. The lowest BCUT2D eigenvalue weighted by atomic mass is 10.1. The summed E-state index contributed by atoms with van der Waals surface area (Å²) in [6.07, 6.45) is 2.29. The first-order chi connectivity index (χ1) is 14.0. The fraction of sp³-hybridized carbons (Fsp3) is 0.391. The summed E-state index contributed by atoms with van der Waals surface area (Å²) in [4.78, 5) is 28.5. The largest absolute Gasteiger partial charge is 0.482 e. The van der Waals surface area contributed by atoms with Gasteiger partial charge in [0, 0.05) is 32.6 Å². The standard InChI is InChI=1S/C23H27ClN2O3/c1-18-7-5-11-20(23(18)24)29-17-22(28)26-15-13-25(14-16-26)21(27)12-6-10-19-8-3-2-4-9-19/h2-5,7-9,11H,6,10,12-17H2,1H3. The van der Waals surface area contributed by atoms with Crippen molar-refractivity contribution in [2.45, 2.75) is 26.2 Å². The molecule has 3 rings (SSSR count). The lowest BCUT2D eigenvalue weighted by molar-refractivity contribution is -0.140. The van der Waals surface area contributed by atoms with Crippen molar-refractivity contribution in [3.8, 4) is 5.75 Å². The molecule has 154 valence electrons. The Morgan fingerprint density at radius 1 is 0.931 bits per heavy atom. The van der Waals surface area contributed by atoms with E-state index in [1.165, 1.54) is 5.56 Å². The molecule has 0 aliphatic carbocycles. The molecule has 1 fully saturated rings. The molecule has 2 amide bonds. The van der Waals surface area contributed by atoms with Crippen molar-refractivity contribution in [3.63, 3.8) is 0 Å². The number of hydrogen-bond acceptors (Lipinski definition) is 3. The van der Waals surface area contributed by atoms with Gasteiger partial charge in [0.1, 0.15) is 5.75 Å². The zero-order chi connectivity index (χ0) is 20.6. The van der Waals surface area contributed by atoms with Crippen LogP contribution >= 0.6 is 11.6 Å². The highest BCUT2D eigenvalue weighted by molar-refractivity contribution is 6.32. The van der Waals surface area contributed by atoms with Gasteiger partial charge >= 0.3 is 0 Å². The molecule has 1 saturated heterocycles. The van der Waals surface area contributed by atoms with Gasteiger partial charge in [0.05, 0.1) is 5.02 Å². The molecule has 0 bridgehead atoms. The average Bonchev–Trinajstić information content (AvgIpc) is 2.75. The normalized spacial score (nSPS) is 14.0. The number of hydrogen-bond donors (Lipinski definition) is 0. The third kappa shape index (κ3) is 5.97. The number of piperazine rings is 1. The number of nitrogens with zero attached hydrogens (tertiary/aromatic N) is 2. The van der Waals surface area contributed by atoms with Gasteiger partial charge in [-0.2, -0.15) is 0 Å². The van der Waals surface area contributed by atoms with Crippen LogP contribution in [0.5, 0.6) is 5.75 Å². The summed E-state index contributed by atoms with van der Waals surface area (Å²) in [5.74, 6) is 0.599. The SMILES string of the molecule is Cc1cccc(OCC(=O)N2CCN(C(=O)CCCc3ccccc3)CC2)c1Cl. The molecule has 0 saturated carbocycles. The van der Waals surface area contributed by atoms with Crippen LogP contribution < -0.4 is 4.74 Å². The third-order valence-corrected chi connectivity index (χ3v) is 5.68. The number of carbonyl (C=O) groups excluding carboxylic acids is 2. The van der Waals surface area contributed by atoms with Crippen molar-refractivity contribution in [2.24, 2.45) is 0 Å². The molecular weight excluding hydrogens is 388 g/mol. The predicted molar refractivity (Wildman–Crippen MR) is 114 cm³/mol. The van der Waals surface area contributed by atoms with Crippen LogP contribution in [0.3, 0.4) is 0 Å². The maximum absolute atomic E-state index is 12.4. The molecule has 0 aromatic heterocycles. The molecule has 1 aliphatic heterocycles. The first kappa shape index (κ1) is 21.2. The van der Waals surface area contributed by atoms with Crippen LogP contribution in [0.25, 0.3) is 0 Å². The Morgan fingerprint density at radius 2 is 1.59 bits per heavy atom. The minimum atomic E-state index is -0.0845. The Morgan fingerprint density at radius 3 is 2.28 bits per heavy atom. The monoisotopic (exact) mass is 414 g/mol. The van der Waals surface area contributed by atoms with Crippen molar-refractivity contribution in [3.05, 3.63) is 64.7 Å². The molecule has 1 aliphatic rings. The lowest BCUT2D eigenvalue weighted by Crippen LogP contribution is -2.51. The molecule has 6 heteroatoms. The van der Waals surface area contributed by atoms with Gasteiger partial charge in [-0.05, 0) is 37.0 Å². The van der Waals surface area contributed by atoms with Crippen molar-refractivity contribution in [1.29, 1.82) is 0 Å². The van der Waals surface area contributed by atoms with Gasteiger partial charge in [0.2, 0.25) is 5.91 Å². The second-order valence-electron chi connectivity index (χ2n) is 7.28. The lowest BCUT2D eigenvalue weighted by Gasteiger charge is -2.34. The fourth-order valence-electron chi connectivity index (χ4n) is 3.41. The first-order valence-electron chi connectivity index (χ1n) is 10.0. The summed E-state index contributed by atoms with van der Waals surface area (Å²) in [6.45, 7) is 4.06. The van der Waals surface area contributed by atoms with E-state index in [9.17, 15) is 9.59 Å². The Hall–Kier alpha value is -2.53. The quantitative estimate of drug-likeness (QED) is 0.693. The molecule has 2 aromatic carbocycles. The van der Waals surface area contributed by atoms with E-state index in [0.717, 1.165) is 18.4 Å². The maximum Gasteiger partial charge on any atom is 0.260 e. The van der Waals surface area contributed by atoms with Crippen molar-refractivity contribution in [1.82, 2.24) is 9.80 Å². The smallest absolute Gasteiger partial charge is 0.260 e. The number of amides is 2. The van der Waals surface area contributed by atoms with Crippen LogP contribution in [0, 0.1) is 6.92 Å². The number of aryl methyl sites for hydroxylation is 2. The fourth-order valence-corrected chi connectivity index (χ4v) is 3.60. The van der Waals surface area contributed by atoms with Gasteiger partial charge in [-0.15, -0.1) is 0 Å². The number of halogens is 1. The number of ether oxygens (including phenoxy) is 1. The number of carbonyl (C=O) groups is 2. The van der Waals surface area contributed by atoms with Crippen LogP contribution in [0.15, 0.2) is 48.5 Å². The summed E-state index contributed by atoms with van der Waals surface area (Å²) < 4.78 is 5.60. The molecule has 0 spiro atoms. The molecular formula is C23H27ClN2O3. The van der Waals surface area contributed by atoms with E-state index in [2.05, 4.69) is 12.1 Å². The van der Waals surface area contributed by atoms with Crippen molar-refractivity contribution >= 4 is 23.4 Å². The summed E-state index contributed by atoms with van der Waals surface area (Å²) in [5, 5.41) is 0.534. The molecule has 29 heavy (non-hydrogen) atoms. The van der Waals surface area contributed by atoms with E-state index in [-0.39, 0.29) is 18.4 Å². The van der Waals surface area contributed by atoms with Crippen molar-refractivity contribution < 1.29 is 14.3 Å². The van der Waals surface area contributed by atoms with Gasteiger partial charge in [-0.1, -0.05) is 54.1 Å². The predicted octanol–water partition coefficient (Wildman–Crippen LogP) is 3.72. The minimum absolute atomic E-state index is 0.0474. The van der Waals surface area contributed by atoms with Gasteiger partial charge in [0.15, 0.2) is 6.61 Å². The maximum atomic E-state index is 12.4. The van der Waals surface area contributed by atoms with E-state index >= 15 is 0 Å². The first-order valence-corrected chi connectivity index (χ1v) is 10.4. The van der Waals surface area contributed by atoms with Gasteiger partial charge in [-0.3, -0.25) is 9.59 Å². The topological polar surface area (TPSA) is 49.9 Å². The highest BCUT2D eigenvalue weighted by Crippen LogP contribution is 2.27. The zero-order valence-electron chi connectivity index (χ0n) is 16.8. The third-order valence-electron chi connectivity index (χ3n) is 5.19. The molecule has 0 N–H and O–H groups in total. The molecule has 1 heterocycles.